The number of rotatable bonds is 1. The van der Waals surface area contributed by atoms with Gasteiger partial charge in [0.2, 0.25) is 0 Å². The second kappa shape index (κ2) is 7.83. The van der Waals surface area contributed by atoms with Crippen molar-refractivity contribution in [2.75, 3.05) is 7.11 Å². The van der Waals surface area contributed by atoms with E-state index in [0.29, 0.717) is 6.42 Å². The topological polar surface area (TPSA) is 60.4 Å². The maximum Gasteiger partial charge on any atom is 0.312 e. The van der Waals surface area contributed by atoms with Crippen LogP contribution >= 0.6 is 0 Å². The molecule has 0 bridgehead atoms. The summed E-state index contributed by atoms with van der Waals surface area (Å²) in [4.78, 5) is 41.1. The molecular weight excluding hydrogens is 460 g/mol. The van der Waals surface area contributed by atoms with E-state index < -0.39 is 16.7 Å². The predicted molar refractivity (Wildman–Crippen MR) is 144 cm³/mol. The lowest BCUT2D eigenvalue weighted by Crippen LogP contribution is -2.66. The van der Waals surface area contributed by atoms with Crippen LogP contribution < -0.4 is 0 Å². The van der Waals surface area contributed by atoms with Crippen LogP contribution in [-0.2, 0) is 19.1 Å². The smallest absolute Gasteiger partial charge is 0.312 e. The van der Waals surface area contributed by atoms with Crippen molar-refractivity contribution in [1.29, 1.82) is 0 Å². The van der Waals surface area contributed by atoms with Crippen molar-refractivity contribution in [2.24, 2.45) is 56.2 Å². The van der Waals surface area contributed by atoms with Crippen molar-refractivity contribution in [3.05, 3.63) is 11.6 Å². The van der Waals surface area contributed by atoms with Gasteiger partial charge in [0.05, 0.1) is 18.4 Å². The molecule has 4 fully saturated rings. The van der Waals surface area contributed by atoms with Crippen molar-refractivity contribution < 1.29 is 19.1 Å². The number of esters is 1. The van der Waals surface area contributed by atoms with Crippen LogP contribution in [0.2, 0.25) is 0 Å². The predicted octanol–water partition coefficient (Wildman–Crippen LogP) is 6.57. The first-order valence-electron chi connectivity index (χ1n) is 14.4. The first-order chi connectivity index (χ1) is 17.0. The third-order valence-corrected chi connectivity index (χ3v) is 12.9. The molecule has 0 amide bonds. The molecule has 8 atom stereocenters. The zero-order chi connectivity index (χ0) is 27.4. The number of fused-ring (bicyclic) bond motifs is 7. The highest BCUT2D eigenvalue weighted by Crippen LogP contribution is 2.75. The average molecular weight is 507 g/mol. The van der Waals surface area contributed by atoms with Gasteiger partial charge < -0.3 is 4.74 Å². The van der Waals surface area contributed by atoms with Gasteiger partial charge in [-0.3, -0.25) is 14.4 Å². The minimum absolute atomic E-state index is 0.0158. The second-order valence-electron chi connectivity index (χ2n) is 15.3. The van der Waals surface area contributed by atoms with E-state index in [-0.39, 0.29) is 56.9 Å². The third-order valence-electron chi connectivity index (χ3n) is 12.9. The van der Waals surface area contributed by atoms with Gasteiger partial charge in [-0.05, 0) is 90.9 Å². The summed E-state index contributed by atoms with van der Waals surface area (Å²) >= 11 is 0. The van der Waals surface area contributed by atoms with Gasteiger partial charge in [-0.2, -0.15) is 0 Å². The van der Waals surface area contributed by atoms with Gasteiger partial charge >= 0.3 is 5.97 Å². The summed E-state index contributed by atoms with van der Waals surface area (Å²) in [5.41, 5.74) is -0.517. The largest absolute Gasteiger partial charge is 0.469 e. The Balaban J connectivity index is 1.67. The van der Waals surface area contributed by atoms with Crippen LogP contribution in [0.1, 0.15) is 99.8 Å². The molecule has 4 saturated carbocycles. The van der Waals surface area contributed by atoms with Crippen molar-refractivity contribution in [3.63, 3.8) is 0 Å². The zero-order valence-corrected chi connectivity index (χ0v) is 24.3. The minimum atomic E-state index is -0.569. The lowest BCUT2D eigenvalue weighted by molar-refractivity contribution is -0.193. The summed E-state index contributed by atoms with van der Waals surface area (Å²) < 4.78 is 5.43. The Hall–Kier alpha value is -1.89. The second-order valence-corrected chi connectivity index (χ2v) is 15.3. The van der Waals surface area contributed by atoms with Crippen LogP contribution in [0.25, 0.3) is 0 Å². The Morgan fingerprint density at radius 1 is 0.973 bits per heavy atom. The maximum atomic E-state index is 14.4. The van der Waals surface area contributed by atoms with Gasteiger partial charge in [-0.1, -0.05) is 60.0 Å². The molecule has 5 aliphatic carbocycles. The van der Waals surface area contributed by atoms with Crippen LogP contribution in [0.15, 0.2) is 11.6 Å². The van der Waals surface area contributed by atoms with Gasteiger partial charge in [0, 0.05) is 11.3 Å². The van der Waals surface area contributed by atoms with Crippen LogP contribution in [0.5, 0.6) is 0 Å². The molecule has 1 unspecified atom stereocenters. The Bertz CT molecular complexity index is 1140. The van der Waals surface area contributed by atoms with Crippen LogP contribution in [0.4, 0.5) is 0 Å². The number of ketones is 2. The molecule has 0 aliphatic heterocycles. The first kappa shape index (κ1) is 26.7. The number of carbonyl (C=O) groups is 3. The monoisotopic (exact) mass is 506 g/mol. The van der Waals surface area contributed by atoms with Gasteiger partial charge in [0.25, 0.3) is 0 Å². The fourth-order valence-electron chi connectivity index (χ4n) is 10.7. The summed E-state index contributed by atoms with van der Waals surface area (Å²) in [6.07, 6.45) is 14.7. The normalized spacial score (nSPS) is 47.8. The molecule has 0 heterocycles. The van der Waals surface area contributed by atoms with Gasteiger partial charge in [0.15, 0.2) is 11.6 Å². The Morgan fingerprint density at radius 2 is 1.62 bits per heavy atom. The van der Waals surface area contributed by atoms with E-state index in [1.807, 2.05) is 6.08 Å². The molecular formula is C33H46O4. The summed E-state index contributed by atoms with van der Waals surface area (Å²) in [5, 5.41) is 0. The number of allylic oxidation sites excluding steroid dienone is 2. The SMILES string of the molecule is C#CC1C[C@]2(C)C3=CC(=O)[C@@H]4[C@@H]5CC(C)(C)CC[C@]5(C(=O)OC)CC[C@@]4(C)[C@]3(C)CC[C@H]2C(C)(C)C1=O. The van der Waals surface area contributed by atoms with Gasteiger partial charge in [-0.25, -0.2) is 0 Å². The molecule has 0 N–H and O–H groups in total. The summed E-state index contributed by atoms with van der Waals surface area (Å²) in [7, 11) is 1.50. The quantitative estimate of drug-likeness (QED) is 0.298. The van der Waals surface area contributed by atoms with Crippen molar-refractivity contribution in [3.8, 4) is 12.3 Å². The molecule has 202 valence electrons. The number of hydrogen-bond donors (Lipinski definition) is 0. The highest BCUT2D eigenvalue weighted by atomic mass is 16.5. The molecule has 5 rings (SSSR count). The molecule has 0 aromatic carbocycles. The highest BCUT2D eigenvalue weighted by molar-refractivity contribution is 5.97. The van der Waals surface area contributed by atoms with Crippen molar-refractivity contribution in [2.45, 2.75) is 99.8 Å². The lowest BCUT2D eigenvalue weighted by atomic mass is 9.33. The van der Waals surface area contributed by atoms with E-state index in [9.17, 15) is 14.4 Å². The molecule has 4 heteroatoms. The number of hydrogen-bond acceptors (Lipinski definition) is 4. The molecule has 4 nitrogen and oxygen atoms in total. The van der Waals surface area contributed by atoms with Gasteiger partial charge in [0.1, 0.15) is 0 Å². The number of Topliss-reactive ketones (excluding diaryl/α,β-unsaturated/α-hetero) is 1. The first-order valence-corrected chi connectivity index (χ1v) is 14.4. The fraction of sp³-hybridized carbons (Fsp3) is 0.788. The summed E-state index contributed by atoms with van der Waals surface area (Å²) in [6.45, 7) is 15.7. The third kappa shape index (κ3) is 3.18. The van der Waals surface area contributed by atoms with Crippen LogP contribution in [0, 0.1) is 68.5 Å². The molecule has 0 spiro atoms. The van der Waals surface area contributed by atoms with E-state index in [1.54, 1.807) is 0 Å². The molecule has 0 saturated heterocycles. The molecule has 0 aromatic rings. The number of terminal acetylenes is 1. The van der Waals surface area contributed by atoms with E-state index in [2.05, 4.69) is 54.4 Å². The van der Waals surface area contributed by atoms with Crippen LogP contribution in [-0.4, -0.2) is 24.6 Å². The highest BCUT2D eigenvalue weighted by Gasteiger charge is 2.71. The van der Waals surface area contributed by atoms with E-state index >= 15 is 0 Å². The molecule has 0 radical (unpaired) electrons. The summed E-state index contributed by atoms with van der Waals surface area (Å²) in [6, 6.07) is 0. The van der Waals surface area contributed by atoms with Crippen molar-refractivity contribution in [1.82, 2.24) is 0 Å². The molecule has 0 aromatic heterocycles. The minimum Gasteiger partial charge on any atom is -0.469 e. The number of methoxy groups -OCH3 is 1. The maximum absolute atomic E-state index is 14.4. The standard InChI is InChI=1S/C33H46O4/c1-10-20-18-30(6)23(29(4,5)26(20)35)11-12-31(7)24(30)17-22(34)25-21-19-28(2,3)13-15-33(21,27(36)37-9)16-14-32(25,31)8/h1,17,20-21,23,25H,11-16,18-19H2,2-9H3/t20?,21-,23-,25-,30-,31+,32+,33-/m0/s1. The Morgan fingerprint density at radius 3 is 2.24 bits per heavy atom. The fourth-order valence-corrected chi connectivity index (χ4v) is 10.7. The Kier molecular flexibility index (Phi) is 5.65. The lowest BCUT2D eigenvalue weighted by Gasteiger charge is -2.69. The zero-order valence-electron chi connectivity index (χ0n) is 24.3. The van der Waals surface area contributed by atoms with E-state index in [1.165, 1.54) is 12.7 Å². The molecule has 5 aliphatic rings. The molecule has 37 heavy (non-hydrogen) atoms. The van der Waals surface area contributed by atoms with Crippen molar-refractivity contribution >= 4 is 17.5 Å². The van der Waals surface area contributed by atoms with E-state index in [4.69, 9.17) is 11.2 Å². The Labute approximate surface area is 223 Å². The summed E-state index contributed by atoms with van der Waals surface area (Å²) in [5.74, 6) is 2.58. The number of ether oxygens (including phenoxy) is 1. The van der Waals surface area contributed by atoms with E-state index in [0.717, 1.165) is 44.9 Å². The number of carbonyl (C=O) groups excluding carboxylic acids is 3. The van der Waals surface area contributed by atoms with Gasteiger partial charge in [-0.15, -0.1) is 6.42 Å². The van der Waals surface area contributed by atoms with Crippen LogP contribution in [0.3, 0.4) is 0 Å². The average Bonchev–Trinajstić information content (AvgIpc) is 2.82.